The van der Waals surface area contributed by atoms with Gasteiger partial charge < -0.3 is 4.74 Å². The molecule has 0 aromatic heterocycles. The molecule has 3 heteroatoms. The molecule has 3 nitrogen and oxygen atoms in total. The monoisotopic (exact) mass is 275 g/mol. The maximum Gasteiger partial charge on any atom is 0.331 e. The number of carbonyl (C=O) groups excluding carboxylic acids is 1. The molecule has 4 rings (SSSR count). The van der Waals surface area contributed by atoms with Crippen LogP contribution in [0, 0.1) is 11.8 Å². The lowest BCUT2D eigenvalue weighted by Crippen LogP contribution is -2.64. The van der Waals surface area contributed by atoms with Gasteiger partial charge in [0.05, 0.1) is 6.04 Å². The highest BCUT2D eigenvalue weighted by Gasteiger charge is 2.64. The molecule has 3 fully saturated rings. The summed E-state index contributed by atoms with van der Waals surface area (Å²) in [5, 5.41) is 0. The quantitative estimate of drug-likeness (QED) is 0.689. The number of fused-ring (bicyclic) bond motifs is 1. The van der Waals surface area contributed by atoms with Crippen LogP contribution in [0.25, 0.3) is 0 Å². The Bertz CT molecular complexity index is 472. The van der Waals surface area contributed by atoms with Gasteiger partial charge >= 0.3 is 5.97 Å². The fourth-order valence-electron chi connectivity index (χ4n) is 5.91. The minimum Gasteiger partial charge on any atom is -0.449 e. The van der Waals surface area contributed by atoms with E-state index in [1.807, 2.05) is 0 Å². The molecular formula is C17H25NO2. The molecule has 0 radical (unpaired) electrons. The SMILES string of the molecule is CC[C@@H]1[C@@H]2CCCCN3[C@@H]2CC[C@H]3[C@@]12OC(=O)C=C2C. The van der Waals surface area contributed by atoms with Crippen molar-refractivity contribution in [1.29, 1.82) is 0 Å². The summed E-state index contributed by atoms with van der Waals surface area (Å²) in [6.45, 7) is 5.61. The minimum absolute atomic E-state index is 0.107. The van der Waals surface area contributed by atoms with Crippen molar-refractivity contribution in [2.24, 2.45) is 11.8 Å². The van der Waals surface area contributed by atoms with E-state index in [2.05, 4.69) is 18.7 Å². The fraction of sp³-hybridized carbons (Fsp3) is 0.824. The molecule has 4 aliphatic rings. The number of rotatable bonds is 1. The first-order valence-corrected chi connectivity index (χ1v) is 8.36. The van der Waals surface area contributed by atoms with Crippen molar-refractivity contribution in [2.75, 3.05) is 6.54 Å². The second kappa shape index (κ2) is 4.33. The Hall–Kier alpha value is -0.830. The summed E-state index contributed by atoms with van der Waals surface area (Å²) < 4.78 is 6.05. The Morgan fingerprint density at radius 1 is 1.35 bits per heavy atom. The topological polar surface area (TPSA) is 29.5 Å². The molecule has 6 atom stereocenters. The van der Waals surface area contributed by atoms with Gasteiger partial charge in [0.25, 0.3) is 0 Å². The molecule has 3 saturated heterocycles. The first-order chi connectivity index (χ1) is 9.68. The molecule has 110 valence electrons. The lowest BCUT2D eigenvalue weighted by Gasteiger charge is -2.54. The third kappa shape index (κ3) is 1.42. The standard InChI is InChI=1S/C17H25NO2/c1-3-13-12-6-4-5-9-18-14(12)7-8-15(18)17(13)11(2)10-16(19)20-17/h10,12-15H,3-9H2,1-2H3/t12-,13+,14+,15-,17-/m0/s1. The van der Waals surface area contributed by atoms with Gasteiger partial charge in [-0.25, -0.2) is 4.79 Å². The number of hydrogen-bond donors (Lipinski definition) is 0. The van der Waals surface area contributed by atoms with Gasteiger partial charge in [-0.05, 0) is 57.1 Å². The van der Waals surface area contributed by atoms with Gasteiger partial charge in [0, 0.05) is 18.0 Å². The van der Waals surface area contributed by atoms with E-state index in [1.165, 1.54) is 44.2 Å². The van der Waals surface area contributed by atoms with Crippen molar-refractivity contribution in [1.82, 2.24) is 4.90 Å². The van der Waals surface area contributed by atoms with Crippen LogP contribution in [0.4, 0.5) is 0 Å². The number of carbonyl (C=O) groups is 1. The third-order valence-electron chi connectivity index (χ3n) is 6.48. The summed E-state index contributed by atoms with van der Waals surface area (Å²) in [4.78, 5) is 14.7. The average molecular weight is 275 g/mol. The Balaban J connectivity index is 1.85. The summed E-state index contributed by atoms with van der Waals surface area (Å²) in [6, 6.07) is 1.19. The molecule has 1 spiro atoms. The highest BCUT2D eigenvalue weighted by Crippen LogP contribution is 2.57. The molecule has 1 unspecified atom stereocenters. The normalized spacial score (nSPS) is 50.0. The average Bonchev–Trinajstić information content (AvgIpc) is 2.85. The summed E-state index contributed by atoms with van der Waals surface area (Å²) in [5.41, 5.74) is 0.894. The predicted octanol–water partition coefficient (Wildman–Crippen LogP) is 2.90. The van der Waals surface area contributed by atoms with Crippen molar-refractivity contribution < 1.29 is 9.53 Å². The van der Waals surface area contributed by atoms with E-state index >= 15 is 0 Å². The summed E-state index contributed by atoms with van der Waals surface area (Å²) in [5.74, 6) is 1.14. The van der Waals surface area contributed by atoms with Gasteiger partial charge in [0.1, 0.15) is 0 Å². The fourth-order valence-corrected chi connectivity index (χ4v) is 5.91. The van der Waals surface area contributed by atoms with Crippen LogP contribution >= 0.6 is 0 Å². The number of esters is 1. The Labute approximate surface area is 121 Å². The summed E-state index contributed by atoms with van der Waals surface area (Å²) in [6.07, 6.45) is 9.37. The van der Waals surface area contributed by atoms with Crippen LogP contribution in [0.2, 0.25) is 0 Å². The zero-order chi connectivity index (χ0) is 13.9. The molecule has 0 saturated carbocycles. The van der Waals surface area contributed by atoms with Crippen LogP contribution in [-0.2, 0) is 9.53 Å². The molecule has 0 amide bonds. The van der Waals surface area contributed by atoms with Gasteiger partial charge in [-0.1, -0.05) is 13.3 Å². The smallest absolute Gasteiger partial charge is 0.331 e. The van der Waals surface area contributed by atoms with E-state index in [-0.39, 0.29) is 11.6 Å². The molecule has 20 heavy (non-hydrogen) atoms. The van der Waals surface area contributed by atoms with Gasteiger partial charge in [-0.15, -0.1) is 0 Å². The zero-order valence-corrected chi connectivity index (χ0v) is 12.6. The number of hydrogen-bond acceptors (Lipinski definition) is 3. The number of ether oxygens (including phenoxy) is 1. The first kappa shape index (κ1) is 12.9. The largest absolute Gasteiger partial charge is 0.449 e. The van der Waals surface area contributed by atoms with Gasteiger partial charge in [0.15, 0.2) is 5.60 Å². The highest BCUT2D eigenvalue weighted by molar-refractivity contribution is 5.87. The Kier molecular flexibility index (Phi) is 2.79. The second-order valence-corrected chi connectivity index (χ2v) is 7.11. The van der Waals surface area contributed by atoms with Crippen LogP contribution in [0.1, 0.15) is 52.4 Å². The molecular weight excluding hydrogens is 250 g/mol. The molecule has 4 bridgehead atoms. The van der Waals surface area contributed by atoms with Crippen LogP contribution < -0.4 is 0 Å². The van der Waals surface area contributed by atoms with Crippen LogP contribution in [0.15, 0.2) is 11.6 Å². The van der Waals surface area contributed by atoms with E-state index in [4.69, 9.17) is 4.74 Å². The van der Waals surface area contributed by atoms with Gasteiger partial charge in [-0.3, -0.25) is 4.90 Å². The maximum absolute atomic E-state index is 12.0. The van der Waals surface area contributed by atoms with Crippen LogP contribution in [-0.4, -0.2) is 35.1 Å². The first-order valence-electron chi connectivity index (χ1n) is 8.36. The maximum atomic E-state index is 12.0. The molecule has 4 aliphatic heterocycles. The van der Waals surface area contributed by atoms with E-state index in [0.717, 1.165) is 18.4 Å². The Morgan fingerprint density at radius 3 is 2.90 bits per heavy atom. The van der Waals surface area contributed by atoms with Crippen LogP contribution in [0.3, 0.4) is 0 Å². The van der Waals surface area contributed by atoms with Gasteiger partial charge in [0.2, 0.25) is 0 Å². The molecule has 0 aromatic carbocycles. The van der Waals surface area contributed by atoms with E-state index in [9.17, 15) is 4.79 Å². The van der Waals surface area contributed by atoms with Crippen LogP contribution in [0.5, 0.6) is 0 Å². The van der Waals surface area contributed by atoms with E-state index < -0.39 is 0 Å². The molecule has 4 heterocycles. The van der Waals surface area contributed by atoms with E-state index in [0.29, 0.717) is 12.0 Å². The zero-order valence-electron chi connectivity index (χ0n) is 12.6. The van der Waals surface area contributed by atoms with E-state index in [1.54, 1.807) is 6.08 Å². The lowest BCUT2D eigenvalue weighted by atomic mass is 9.65. The predicted molar refractivity (Wildman–Crippen MR) is 77.2 cm³/mol. The van der Waals surface area contributed by atoms with Gasteiger partial charge in [-0.2, -0.15) is 0 Å². The molecule has 0 aromatic rings. The highest BCUT2D eigenvalue weighted by atomic mass is 16.6. The van der Waals surface area contributed by atoms with Crippen molar-refractivity contribution in [2.45, 2.75) is 70.1 Å². The summed E-state index contributed by atoms with van der Waals surface area (Å²) >= 11 is 0. The molecule has 0 aliphatic carbocycles. The second-order valence-electron chi connectivity index (χ2n) is 7.11. The number of nitrogens with zero attached hydrogens (tertiary/aromatic N) is 1. The number of piperidine rings is 1. The molecule has 0 N–H and O–H groups in total. The lowest BCUT2D eigenvalue weighted by molar-refractivity contribution is -0.171. The van der Waals surface area contributed by atoms with Crippen molar-refractivity contribution >= 4 is 5.97 Å². The van der Waals surface area contributed by atoms with Crippen molar-refractivity contribution in [3.8, 4) is 0 Å². The van der Waals surface area contributed by atoms with Crippen molar-refractivity contribution in [3.05, 3.63) is 11.6 Å². The summed E-state index contributed by atoms with van der Waals surface area (Å²) in [7, 11) is 0. The minimum atomic E-state index is -0.298. The third-order valence-corrected chi connectivity index (χ3v) is 6.48. The van der Waals surface area contributed by atoms with Crippen molar-refractivity contribution in [3.63, 3.8) is 0 Å². The Morgan fingerprint density at radius 2 is 2.20 bits per heavy atom.